The van der Waals surface area contributed by atoms with Gasteiger partial charge in [0, 0.05) is 13.6 Å². The monoisotopic (exact) mass is 239 g/mol. The van der Waals surface area contributed by atoms with Crippen LogP contribution >= 0.6 is 0 Å². The van der Waals surface area contributed by atoms with Crippen molar-refractivity contribution in [3.63, 3.8) is 0 Å². The van der Waals surface area contributed by atoms with Crippen LogP contribution in [0.1, 0.15) is 33.1 Å². The Bertz CT molecular complexity index is 347. The fourth-order valence-corrected chi connectivity index (χ4v) is 2.69. The Labute approximate surface area is 102 Å². The maximum absolute atomic E-state index is 12.1. The molecule has 2 fully saturated rings. The van der Waals surface area contributed by atoms with Gasteiger partial charge < -0.3 is 10.0 Å². The van der Waals surface area contributed by atoms with Gasteiger partial charge in [0.25, 0.3) is 0 Å². The number of amides is 1. The largest absolute Gasteiger partial charge is 0.481 e. The van der Waals surface area contributed by atoms with Gasteiger partial charge in [0.15, 0.2) is 0 Å². The summed E-state index contributed by atoms with van der Waals surface area (Å²) in [5.74, 6) is -0.873. The molecule has 0 unspecified atom stereocenters. The molecule has 1 N–H and O–H groups in total. The summed E-state index contributed by atoms with van der Waals surface area (Å²) in [5.41, 5.74) is -0.378. The Morgan fingerprint density at radius 3 is 2.29 bits per heavy atom. The van der Waals surface area contributed by atoms with Gasteiger partial charge in [-0.3, -0.25) is 9.59 Å². The fraction of sp³-hybridized carbons (Fsp3) is 0.846. The van der Waals surface area contributed by atoms with Crippen molar-refractivity contribution < 1.29 is 14.7 Å². The molecule has 4 heteroatoms. The molecule has 0 aliphatic heterocycles. The predicted molar refractivity (Wildman–Crippen MR) is 63.4 cm³/mol. The van der Waals surface area contributed by atoms with Gasteiger partial charge in [-0.15, -0.1) is 0 Å². The van der Waals surface area contributed by atoms with E-state index >= 15 is 0 Å². The van der Waals surface area contributed by atoms with Gasteiger partial charge in [0.05, 0.1) is 11.8 Å². The number of carbonyl (C=O) groups is 2. The average Bonchev–Trinajstić information content (AvgIpc) is 3.09. The second-order valence-electron chi connectivity index (χ2n) is 6.11. The molecule has 2 atom stereocenters. The highest BCUT2D eigenvalue weighted by atomic mass is 16.4. The van der Waals surface area contributed by atoms with Crippen LogP contribution in [-0.4, -0.2) is 35.5 Å². The van der Waals surface area contributed by atoms with Crippen LogP contribution in [0.25, 0.3) is 0 Å². The molecular weight excluding hydrogens is 218 g/mol. The first kappa shape index (κ1) is 12.4. The van der Waals surface area contributed by atoms with E-state index in [1.165, 1.54) is 12.8 Å². The first-order valence-corrected chi connectivity index (χ1v) is 6.33. The Balaban J connectivity index is 1.88. The smallest absolute Gasteiger partial charge is 0.307 e. The maximum atomic E-state index is 12.1. The van der Waals surface area contributed by atoms with E-state index in [2.05, 4.69) is 0 Å². The van der Waals surface area contributed by atoms with Crippen molar-refractivity contribution in [2.24, 2.45) is 23.2 Å². The number of rotatable bonds is 5. The SMILES string of the molecule is CN(CCC1CC1)C(=O)[C@@H]1[C@H](C(=O)O)C1(C)C. The van der Waals surface area contributed by atoms with E-state index in [-0.39, 0.29) is 17.2 Å². The lowest BCUT2D eigenvalue weighted by Crippen LogP contribution is -2.31. The van der Waals surface area contributed by atoms with E-state index in [0.29, 0.717) is 0 Å². The Morgan fingerprint density at radius 2 is 1.88 bits per heavy atom. The molecule has 2 rings (SSSR count). The third kappa shape index (κ3) is 2.31. The zero-order valence-corrected chi connectivity index (χ0v) is 10.8. The maximum Gasteiger partial charge on any atom is 0.307 e. The van der Waals surface area contributed by atoms with Crippen molar-refractivity contribution >= 4 is 11.9 Å². The highest BCUT2D eigenvalue weighted by Crippen LogP contribution is 2.58. The van der Waals surface area contributed by atoms with Gasteiger partial charge in [-0.2, -0.15) is 0 Å². The van der Waals surface area contributed by atoms with Crippen molar-refractivity contribution in [1.82, 2.24) is 4.90 Å². The Kier molecular flexibility index (Phi) is 2.92. The van der Waals surface area contributed by atoms with Crippen LogP contribution in [0.4, 0.5) is 0 Å². The summed E-state index contributed by atoms with van der Waals surface area (Å²) in [6.07, 6.45) is 3.64. The van der Waals surface area contributed by atoms with E-state index in [1.807, 2.05) is 13.8 Å². The zero-order chi connectivity index (χ0) is 12.8. The van der Waals surface area contributed by atoms with Crippen LogP contribution in [0.2, 0.25) is 0 Å². The van der Waals surface area contributed by atoms with Crippen molar-refractivity contribution in [3.8, 4) is 0 Å². The van der Waals surface area contributed by atoms with Crippen LogP contribution in [-0.2, 0) is 9.59 Å². The summed E-state index contributed by atoms with van der Waals surface area (Å²) in [5, 5.41) is 9.05. The van der Waals surface area contributed by atoms with Gasteiger partial charge in [0.1, 0.15) is 0 Å². The van der Waals surface area contributed by atoms with Crippen LogP contribution in [0.3, 0.4) is 0 Å². The quantitative estimate of drug-likeness (QED) is 0.792. The molecule has 0 aromatic heterocycles. The third-order valence-electron chi connectivity index (χ3n) is 4.31. The Morgan fingerprint density at radius 1 is 1.29 bits per heavy atom. The summed E-state index contributed by atoms with van der Waals surface area (Å²) in [6, 6.07) is 0. The molecule has 0 aromatic rings. The molecule has 0 heterocycles. The predicted octanol–water partition coefficient (Wildman–Crippen LogP) is 1.60. The Hall–Kier alpha value is -1.06. The molecular formula is C13H21NO3. The van der Waals surface area contributed by atoms with Gasteiger partial charge in [0.2, 0.25) is 5.91 Å². The van der Waals surface area contributed by atoms with Gasteiger partial charge in [-0.05, 0) is 17.8 Å². The van der Waals surface area contributed by atoms with E-state index < -0.39 is 11.9 Å². The van der Waals surface area contributed by atoms with E-state index in [4.69, 9.17) is 5.11 Å². The number of hydrogen-bond acceptors (Lipinski definition) is 2. The summed E-state index contributed by atoms with van der Waals surface area (Å²) in [6.45, 7) is 4.49. The highest BCUT2D eigenvalue weighted by Gasteiger charge is 2.66. The summed E-state index contributed by atoms with van der Waals surface area (Å²) in [7, 11) is 1.79. The lowest BCUT2D eigenvalue weighted by molar-refractivity contribution is -0.141. The lowest BCUT2D eigenvalue weighted by Gasteiger charge is -2.17. The normalized spacial score (nSPS) is 29.8. The molecule has 17 heavy (non-hydrogen) atoms. The third-order valence-corrected chi connectivity index (χ3v) is 4.31. The minimum Gasteiger partial charge on any atom is -0.481 e. The van der Waals surface area contributed by atoms with E-state index in [9.17, 15) is 9.59 Å². The molecule has 1 amide bonds. The number of aliphatic carboxylic acids is 1. The van der Waals surface area contributed by atoms with E-state index in [1.54, 1.807) is 11.9 Å². The molecule has 96 valence electrons. The first-order chi connectivity index (χ1) is 7.85. The fourth-order valence-electron chi connectivity index (χ4n) is 2.69. The molecule has 4 nitrogen and oxygen atoms in total. The van der Waals surface area contributed by atoms with Crippen LogP contribution in [0, 0.1) is 23.2 Å². The number of hydrogen-bond donors (Lipinski definition) is 1. The number of carboxylic acid groups (broad SMARTS) is 1. The van der Waals surface area contributed by atoms with Crippen molar-refractivity contribution in [1.29, 1.82) is 0 Å². The van der Waals surface area contributed by atoms with Gasteiger partial charge in [-0.1, -0.05) is 26.7 Å². The first-order valence-electron chi connectivity index (χ1n) is 6.33. The minimum atomic E-state index is -0.844. The zero-order valence-electron chi connectivity index (χ0n) is 10.8. The van der Waals surface area contributed by atoms with Crippen LogP contribution in [0.15, 0.2) is 0 Å². The standard InChI is InChI=1S/C13H21NO3/c1-13(2)9(10(13)12(16)17)11(15)14(3)7-6-8-4-5-8/h8-10H,4-7H2,1-3H3,(H,16,17)/t9-,10+/m0/s1. The molecule has 0 bridgehead atoms. The highest BCUT2D eigenvalue weighted by molar-refractivity contribution is 5.91. The van der Waals surface area contributed by atoms with Gasteiger partial charge >= 0.3 is 5.97 Å². The second-order valence-corrected chi connectivity index (χ2v) is 6.11. The molecule has 0 spiro atoms. The number of carboxylic acids is 1. The average molecular weight is 239 g/mol. The molecule has 0 saturated heterocycles. The molecule has 0 aromatic carbocycles. The van der Waals surface area contributed by atoms with Crippen molar-refractivity contribution in [3.05, 3.63) is 0 Å². The summed E-state index contributed by atoms with van der Waals surface area (Å²) >= 11 is 0. The second kappa shape index (κ2) is 4.00. The summed E-state index contributed by atoms with van der Waals surface area (Å²) in [4.78, 5) is 24.9. The number of nitrogens with zero attached hydrogens (tertiary/aromatic N) is 1. The molecule has 2 saturated carbocycles. The van der Waals surface area contributed by atoms with Crippen molar-refractivity contribution in [2.75, 3.05) is 13.6 Å². The van der Waals surface area contributed by atoms with Crippen LogP contribution < -0.4 is 0 Å². The lowest BCUT2D eigenvalue weighted by atomic mass is 10.1. The molecule has 0 radical (unpaired) electrons. The van der Waals surface area contributed by atoms with Crippen LogP contribution in [0.5, 0.6) is 0 Å². The topological polar surface area (TPSA) is 57.6 Å². The van der Waals surface area contributed by atoms with Gasteiger partial charge in [-0.25, -0.2) is 0 Å². The summed E-state index contributed by atoms with van der Waals surface area (Å²) < 4.78 is 0. The minimum absolute atomic E-state index is 0.00282. The molecule has 2 aliphatic carbocycles. The number of carbonyl (C=O) groups excluding carboxylic acids is 1. The van der Waals surface area contributed by atoms with Crippen molar-refractivity contribution in [2.45, 2.75) is 33.1 Å². The van der Waals surface area contributed by atoms with E-state index in [0.717, 1.165) is 18.9 Å². The molecule has 2 aliphatic rings.